The van der Waals surface area contributed by atoms with Crippen molar-refractivity contribution < 1.29 is 9.72 Å². The molecular weight excluding hydrogens is 256 g/mol. The Balaban J connectivity index is 2.40. The molecule has 0 amide bonds. The number of hydrogen-bond donors (Lipinski definition) is 0. The van der Waals surface area contributed by atoms with Gasteiger partial charge in [-0.2, -0.15) is 0 Å². The summed E-state index contributed by atoms with van der Waals surface area (Å²) in [5.41, 5.74) is 5.43. The molecule has 0 spiro atoms. The van der Waals surface area contributed by atoms with E-state index in [1.54, 1.807) is 11.3 Å². The second kappa shape index (κ2) is 6.57. The quantitative estimate of drug-likeness (QED) is 0.808. The molecule has 1 aromatic carbocycles. The molecule has 0 saturated heterocycles. The zero-order chi connectivity index (χ0) is 13.7. The van der Waals surface area contributed by atoms with Gasteiger partial charge in [0.15, 0.2) is 0 Å². The molecule has 0 unspecified atom stereocenters. The first-order chi connectivity index (χ1) is 9.30. The average Bonchev–Trinajstić information content (AvgIpc) is 2.95. The lowest BCUT2D eigenvalue weighted by molar-refractivity contribution is -0.357. The van der Waals surface area contributed by atoms with Crippen molar-refractivity contribution in [3.63, 3.8) is 0 Å². The molecule has 19 heavy (non-hydrogen) atoms. The van der Waals surface area contributed by atoms with Crippen LogP contribution in [0.2, 0.25) is 0 Å². The zero-order valence-electron chi connectivity index (χ0n) is 11.8. The lowest BCUT2D eigenvalue weighted by atomic mass is 10.1. The van der Waals surface area contributed by atoms with E-state index >= 15 is 0 Å². The second-order valence-electron chi connectivity index (χ2n) is 4.22. The monoisotopic (exact) mass is 277 g/mol. The van der Waals surface area contributed by atoms with Crippen LogP contribution in [0.3, 0.4) is 0 Å². The van der Waals surface area contributed by atoms with E-state index in [1.165, 1.54) is 5.69 Å². The highest BCUT2D eigenvalue weighted by atomic mass is 32.1. The summed E-state index contributed by atoms with van der Waals surface area (Å²) in [6.07, 6.45) is 0. The van der Waals surface area contributed by atoms with Crippen LogP contribution in [-0.4, -0.2) is 19.7 Å². The number of anilines is 1. The summed E-state index contributed by atoms with van der Waals surface area (Å²) in [6.45, 7) is 9.05. The van der Waals surface area contributed by atoms with E-state index in [1.807, 2.05) is 12.4 Å². The molecule has 2 aromatic rings. The number of nitrogens with one attached hydrogen (secondary N) is 1. The Labute approximate surface area is 118 Å². The zero-order valence-corrected chi connectivity index (χ0v) is 12.6. The highest BCUT2D eigenvalue weighted by Crippen LogP contribution is 2.32. The third-order valence-corrected chi connectivity index (χ3v) is 3.78. The number of benzene rings is 1. The first-order valence-corrected chi connectivity index (χ1v) is 7.70. The fraction of sp³-hybridized carbons (Fsp3) is 0.400. The van der Waals surface area contributed by atoms with E-state index in [2.05, 4.69) is 47.3 Å². The van der Waals surface area contributed by atoms with Crippen LogP contribution < -0.4 is 14.6 Å². The van der Waals surface area contributed by atoms with E-state index in [0.29, 0.717) is 6.61 Å². The van der Waals surface area contributed by atoms with Gasteiger partial charge in [-0.3, -0.25) is 0 Å². The summed E-state index contributed by atoms with van der Waals surface area (Å²) >= 11 is 1.66. The molecule has 0 atom stereocenters. The summed E-state index contributed by atoms with van der Waals surface area (Å²) < 4.78 is 5.80. The Morgan fingerprint density at radius 1 is 1.21 bits per heavy atom. The molecule has 1 N–H and O–H groups in total. The molecule has 0 aliphatic rings. The highest BCUT2D eigenvalue weighted by molar-refractivity contribution is 7.07. The molecule has 102 valence electrons. The van der Waals surface area contributed by atoms with Gasteiger partial charge in [-0.05, 0) is 32.9 Å². The molecule has 3 nitrogen and oxygen atoms in total. The van der Waals surface area contributed by atoms with Crippen molar-refractivity contribution >= 4 is 17.0 Å². The minimum Gasteiger partial charge on any atom is -0.493 e. The highest BCUT2D eigenvalue weighted by Gasteiger charge is 2.14. The summed E-state index contributed by atoms with van der Waals surface area (Å²) in [6, 6.07) is 6.44. The van der Waals surface area contributed by atoms with E-state index in [-0.39, 0.29) is 0 Å². The Hall–Kier alpha value is -1.55. The van der Waals surface area contributed by atoms with E-state index in [9.17, 15) is 0 Å². The lowest BCUT2D eigenvalue weighted by Gasteiger charge is -2.22. The van der Waals surface area contributed by atoms with Crippen LogP contribution in [0, 0.1) is 0 Å². The number of aromatic nitrogens is 1. The van der Waals surface area contributed by atoms with Gasteiger partial charge in [0.25, 0.3) is 0 Å². The van der Waals surface area contributed by atoms with Crippen molar-refractivity contribution in [3.8, 4) is 17.0 Å². The largest absolute Gasteiger partial charge is 0.493 e. The first kappa shape index (κ1) is 13.9. The van der Waals surface area contributed by atoms with Crippen molar-refractivity contribution in [2.75, 3.05) is 24.6 Å². The molecule has 0 fully saturated rings. The maximum atomic E-state index is 5.80. The van der Waals surface area contributed by atoms with E-state index in [4.69, 9.17) is 4.74 Å². The topological polar surface area (TPSA) is 26.6 Å². The Morgan fingerprint density at radius 3 is 2.58 bits per heavy atom. The first-order valence-electron chi connectivity index (χ1n) is 6.76. The van der Waals surface area contributed by atoms with Crippen LogP contribution >= 0.6 is 11.3 Å². The van der Waals surface area contributed by atoms with Gasteiger partial charge < -0.3 is 9.64 Å². The maximum absolute atomic E-state index is 5.80. The van der Waals surface area contributed by atoms with Gasteiger partial charge >= 0.3 is 0 Å². The third-order valence-electron chi connectivity index (χ3n) is 3.15. The molecule has 0 bridgehead atoms. The van der Waals surface area contributed by atoms with Gasteiger partial charge in [-0.15, -0.1) is 0 Å². The minimum absolute atomic E-state index is 0.679. The molecule has 1 heterocycles. The molecule has 0 aliphatic carbocycles. The molecule has 1 aromatic heterocycles. The number of aromatic amines is 1. The van der Waals surface area contributed by atoms with Crippen molar-refractivity contribution in [1.82, 2.24) is 0 Å². The fourth-order valence-corrected chi connectivity index (χ4v) is 2.76. The van der Waals surface area contributed by atoms with Crippen LogP contribution in [-0.2, 0) is 0 Å². The second-order valence-corrected chi connectivity index (χ2v) is 4.96. The molecule has 2 rings (SSSR count). The van der Waals surface area contributed by atoms with Crippen molar-refractivity contribution in [3.05, 3.63) is 29.1 Å². The number of nitrogens with zero attached hydrogens (tertiary/aromatic N) is 1. The number of H-pyrrole nitrogens is 1. The Bertz CT molecular complexity index is 507. The predicted molar refractivity (Wildman–Crippen MR) is 81.0 cm³/mol. The van der Waals surface area contributed by atoms with Crippen LogP contribution in [0.1, 0.15) is 20.8 Å². The third kappa shape index (κ3) is 3.07. The number of ether oxygens (including phenoxy) is 1. The number of thiazole rings is 1. The summed E-state index contributed by atoms with van der Waals surface area (Å²) in [5, 5.41) is 2.11. The number of rotatable bonds is 6. The van der Waals surface area contributed by atoms with Crippen LogP contribution in [0.5, 0.6) is 5.75 Å². The van der Waals surface area contributed by atoms with Gasteiger partial charge in [-0.25, -0.2) is 4.98 Å². The molecule has 0 aliphatic heterocycles. The lowest BCUT2D eigenvalue weighted by Crippen LogP contribution is -2.21. The predicted octanol–water partition coefficient (Wildman–Crippen LogP) is 3.47. The van der Waals surface area contributed by atoms with Crippen molar-refractivity contribution in [2.45, 2.75) is 20.8 Å². The molecule has 0 radical (unpaired) electrons. The number of hydrogen-bond acceptors (Lipinski definition) is 3. The normalized spacial score (nSPS) is 10.5. The smallest absolute Gasteiger partial charge is 0.225 e. The molecule has 4 heteroatoms. The van der Waals surface area contributed by atoms with Gasteiger partial charge in [-0.1, -0.05) is 11.3 Å². The fourth-order valence-electron chi connectivity index (χ4n) is 2.17. The Morgan fingerprint density at radius 2 is 2.00 bits per heavy atom. The SMILES string of the molecule is CCOc1cc(N(CC)CC)ccc1-c1csc[nH+]1. The van der Waals surface area contributed by atoms with Crippen LogP contribution in [0.25, 0.3) is 11.3 Å². The minimum atomic E-state index is 0.679. The summed E-state index contributed by atoms with van der Waals surface area (Å²) in [4.78, 5) is 5.58. The summed E-state index contributed by atoms with van der Waals surface area (Å²) in [5.74, 6) is 0.946. The Kier molecular flexibility index (Phi) is 4.80. The van der Waals surface area contributed by atoms with Gasteiger partial charge in [0, 0.05) is 24.8 Å². The van der Waals surface area contributed by atoms with Gasteiger partial charge in [0.2, 0.25) is 11.2 Å². The van der Waals surface area contributed by atoms with E-state index < -0.39 is 0 Å². The standard InChI is InChI=1S/C15H20N2OS/c1-4-17(5-2)12-7-8-13(14-10-19-11-16-14)15(9-12)18-6-3/h7-11H,4-6H2,1-3H3/p+1. The van der Waals surface area contributed by atoms with Crippen LogP contribution in [0.4, 0.5) is 5.69 Å². The van der Waals surface area contributed by atoms with Gasteiger partial charge in [0.1, 0.15) is 5.75 Å². The van der Waals surface area contributed by atoms with E-state index in [0.717, 1.165) is 30.1 Å². The summed E-state index contributed by atoms with van der Waals surface area (Å²) in [7, 11) is 0. The van der Waals surface area contributed by atoms with Crippen LogP contribution in [0.15, 0.2) is 29.1 Å². The molecule has 0 saturated carbocycles. The van der Waals surface area contributed by atoms with Gasteiger partial charge in [0.05, 0.1) is 17.6 Å². The van der Waals surface area contributed by atoms with Crippen molar-refractivity contribution in [2.24, 2.45) is 0 Å². The molecular formula is C15H21N2OS+. The van der Waals surface area contributed by atoms with Crippen molar-refractivity contribution in [1.29, 1.82) is 0 Å². The average molecular weight is 277 g/mol. The maximum Gasteiger partial charge on any atom is 0.225 e.